The van der Waals surface area contributed by atoms with Gasteiger partial charge in [-0.2, -0.15) is 0 Å². The Hall–Kier alpha value is -0.120. The molecule has 3 nitrogen and oxygen atoms in total. The van der Waals surface area contributed by atoms with E-state index in [1.54, 1.807) is 0 Å². The number of hydrogen-bond donors (Lipinski definition) is 2. The Bertz CT molecular complexity index is 125. The minimum atomic E-state index is -0.112. The summed E-state index contributed by atoms with van der Waals surface area (Å²) in [5, 5.41) is 3.32. The van der Waals surface area contributed by atoms with Gasteiger partial charge in [-0.15, -0.1) is 0 Å². The lowest BCUT2D eigenvalue weighted by molar-refractivity contribution is 0.109. The lowest BCUT2D eigenvalue weighted by Gasteiger charge is -2.20. The third kappa shape index (κ3) is 4.04. The Morgan fingerprint density at radius 3 is 2.83 bits per heavy atom. The zero-order valence-corrected chi connectivity index (χ0v) is 8.10. The summed E-state index contributed by atoms with van der Waals surface area (Å²) >= 11 is 0. The number of hydrogen-bond acceptors (Lipinski definition) is 3. The van der Waals surface area contributed by atoms with Gasteiger partial charge in [0.05, 0.1) is 6.10 Å². The highest BCUT2D eigenvalue weighted by molar-refractivity contribution is 4.76. The van der Waals surface area contributed by atoms with E-state index in [1.165, 1.54) is 12.8 Å². The molecule has 1 heterocycles. The summed E-state index contributed by atoms with van der Waals surface area (Å²) in [6, 6.07) is 0. The topological polar surface area (TPSA) is 47.3 Å². The molecule has 0 bridgehead atoms. The first-order valence-corrected chi connectivity index (χ1v) is 4.69. The van der Waals surface area contributed by atoms with E-state index in [2.05, 4.69) is 5.32 Å². The van der Waals surface area contributed by atoms with Crippen LogP contribution in [0.15, 0.2) is 0 Å². The first-order valence-electron chi connectivity index (χ1n) is 4.69. The van der Waals surface area contributed by atoms with Crippen molar-refractivity contribution in [1.29, 1.82) is 0 Å². The zero-order valence-electron chi connectivity index (χ0n) is 8.10. The van der Waals surface area contributed by atoms with Gasteiger partial charge in [0.2, 0.25) is 0 Å². The predicted molar refractivity (Wildman–Crippen MR) is 50.1 cm³/mol. The molecule has 0 aromatic heterocycles. The summed E-state index contributed by atoms with van der Waals surface area (Å²) in [5.41, 5.74) is 5.70. The molecule has 1 saturated heterocycles. The molecule has 1 atom stereocenters. The molecule has 1 unspecified atom stereocenters. The minimum absolute atomic E-state index is 0.112. The molecule has 0 aromatic rings. The standard InChI is InChI=1S/C9H20N2O/c1-9(2,10)7-11-6-8-4-3-5-12-8/h8,11H,3-7,10H2,1-2H3. The Balaban J connectivity index is 2.02. The monoisotopic (exact) mass is 172 g/mol. The quantitative estimate of drug-likeness (QED) is 0.649. The number of ether oxygens (including phenoxy) is 1. The summed E-state index contributed by atoms with van der Waals surface area (Å²) in [7, 11) is 0. The van der Waals surface area contributed by atoms with E-state index in [0.717, 1.165) is 19.7 Å². The van der Waals surface area contributed by atoms with Gasteiger partial charge < -0.3 is 15.8 Å². The molecule has 3 heteroatoms. The highest BCUT2D eigenvalue weighted by Crippen LogP contribution is 2.10. The Morgan fingerprint density at radius 2 is 2.33 bits per heavy atom. The molecule has 0 radical (unpaired) electrons. The van der Waals surface area contributed by atoms with E-state index in [9.17, 15) is 0 Å². The van der Waals surface area contributed by atoms with Gasteiger partial charge >= 0.3 is 0 Å². The number of nitrogens with two attached hydrogens (primary N) is 1. The van der Waals surface area contributed by atoms with Crippen LogP contribution >= 0.6 is 0 Å². The van der Waals surface area contributed by atoms with Crippen LogP contribution in [0, 0.1) is 0 Å². The molecule has 1 aliphatic rings. The van der Waals surface area contributed by atoms with Crippen LogP contribution in [-0.4, -0.2) is 31.3 Å². The maximum atomic E-state index is 5.82. The first-order chi connectivity index (χ1) is 5.58. The fraction of sp³-hybridized carbons (Fsp3) is 1.00. The lowest BCUT2D eigenvalue weighted by atomic mass is 10.1. The molecule has 0 saturated carbocycles. The fourth-order valence-electron chi connectivity index (χ4n) is 1.36. The average molecular weight is 172 g/mol. The third-order valence-electron chi connectivity index (χ3n) is 1.98. The van der Waals surface area contributed by atoms with Crippen LogP contribution in [0.2, 0.25) is 0 Å². The lowest BCUT2D eigenvalue weighted by Crippen LogP contribution is -2.44. The van der Waals surface area contributed by atoms with Gasteiger partial charge in [0.1, 0.15) is 0 Å². The van der Waals surface area contributed by atoms with Crippen molar-refractivity contribution in [1.82, 2.24) is 5.32 Å². The molecule has 0 spiro atoms. The van der Waals surface area contributed by atoms with E-state index < -0.39 is 0 Å². The minimum Gasteiger partial charge on any atom is -0.377 e. The zero-order chi connectivity index (χ0) is 9.03. The molecule has 72 valence electrons. The maximum Gasteiger partial charge on any atom is 0.0700 e. The highest BCUT2D eigenvalue weighted by Gasteiger charge is 2.16. The summed E-state index contributed by atoms with van der Waals surface area (Å²) in [6.07, 6.45) is 2.82. The summed E-state index contributed by atoms with van der Waals surface area (Å²) in [5.74, 6) is 0. The van der Waals surface area contributed by atoms with Crippen molar-refractivity contribution in [3.63, 3.8) is 0 Å². The maximum absolute atomic E-state index is 5.82. The average Bonchev–Trinajstić information content (AvgIpc) is 2.36. The van der Waals surface area contributed by atoms with Crippen molar-refractivity contribution in [3.05, 3.63) is 0 Å². The van der Waals surface area contributed by atoms with Gasteiger partial charge in [-0.05, 0) is 26.7 Å². The second kappa shape index (κ2) is 4.21. The van der Waals surface area contributed by atoms with Crippen LogP contribution in [0.1, 0.15) is 26.7 Å². The van der Waals surface area contributed by atoms with Gasteiger partial charge in [0.15, 0.2) is 0 Å². The Kier molecular flexibility index (Phi) is 3.50. The van der Waals surface area contributed by atoms with Gasteiger partial charge in [0.25, 0.3) is 0 Å². The van der Waals surface area contributed by atoms with Crippen molar-refractivity contribution in [2.45, 2.75) is 38.3 Å². The van der Waals surface area contributed by atoms with Crippen LogP contribution in [0.25, 0.3) is 0 Å². The summed E-state index contributed by atoms with van der Waals surface area (Å²) in [6.45, 7) is 6.77. The molecule has 0 aromatic carbocycles. The van der Waals surface area contributed by atoms with Gasteiger partial charge in [-0.25, -0.2) is 0 Å². The van der Waals surface area contributed by atoms with E-state index >= 15 is 0 Å². The van der Waals surface area contributed by atoms with Gasteiger partial charge in [-0.3, -0.25) is 0 Å². The SMILES string of the molecule is CC(C)(N)CNCC1CCCO1. The molecule has 1 rings (SSSR count). The Morgan fingerprint density at radius 1 is 1.58 bits per heavy atom. The third-order valence-corrected chi connectivity index (χ3v) is 1.98. The van der Waals surface area contributed by atoms with Crippen LogP contribution in [0.3, 0.4) is 0 Å². The summed E-state index contributed by atoms with van der Waals surface area (Å²) in [4.78, 5) is 0. The molecule has 1 fully saturated rings. The molecular weight excluding hydrogens is 152 g/mol. The predicted octanol–water partition coefficient (Wildman–Crippen LogP) is 0.492. The van der Waals surface area contributed by atoms with E-state index in [0.29, 0.717) is 6.10 Å². The van der Waals surface area contributed by atoms with Crippen LogP contribution in [0.4, 0.5) is 0 Å². The highest BCUT2D eigenvalue weighted by atomic mass is 16.5. The van der Waals surface area contributed by atoms with Crippen molar-refractivity contribution >= 4 is 0 Å². The van der Waals surface area contributed by atoms with Crippen LogP contribution in [-0.2, 0) is 4.74 Å². The summed E-state index contributed by atoms with van der Waals surface area (Å²) < 4.78 is 5.46. The molecule has 0 amide bonds. The van der Waals surface area contributed by atoms with Crippen molar-refractivity contribution in [2.24, 2.45) is 5.73 Å². The first kappa shape index (κ1) is 9.96. The van der Waals surface area contributed by atoms with Crippen molar-refractivity contribution in [2.75, 3.05) is 19.7 Å². The largest absolute Gasteiger partial charge is 0.377 e. The second-order valence-corrected chi connectivity index (χ2v) is 4.25. The number of nitrogens with one attached hydrogen (secondary N) is 1. The number of rotatable bonds is 4. The van der Waals surface area contributed by atoms with E-state index in [4.69, 9.17) is 10.5 Å². The molecule has 12 heavy (non-hydrogen) atoms. The van der Waals surface area contributed by atoms with E-state index in [1.807, 2.05) is 13.8 Å². The van der Waals surface area contributed by atoms with Crippen molar-refractivity contribution < 1.29 is 4.74 Å². The molecular formula is C9H20N2O. The fourth-order valence-corrected chi connectivity index (χ4v) is 1.36. The normalized spacial score (nSPS) is 24.8. The van der Waals surface area contributed by atoms with Gasteiger partial charge in [0, 0.05) is 25.2 Å². The second-order valence-electron chi connectivity index (χ2n) is 4.25. The van der Waals surface area contributed by atoms with Crippen LogP contribution < -0.4 is 11.1 Å². The smallest absolute Gasteiger partial charge is 0.0700 e. The Labute approximate surface area is 74.7 Å². The van der Waals surface area contributed by atoms with Gasteiger partial charge in [-0.1, -0.05) is 0 Å². The molecule has 0 aliphatic carbocycles. The van der Waals surface area contributed by atoms with Crippen LogP contribution in [0.5, 0.6) is 0 Å². The molecule has 1 aliphatic heterocycles. The van der Waals surface area contributed by atoms with Crippen molar-refractivity contribution in [3.8, 4) is 0 Å². The molecule has 3 N–H and O–H groups in total. The van der Waals surface area contributed by atoms with E-state index in [-0.39, 0.29) is 5.54 Å².